The summed E-state index contributed by atoms with van der Waals surface area (Å²) in [7, 11) is 0. The molecule has 1 aliphatic heterocycles. The Bertz CT molecular complexity index is 1700. The van der Waals surface area contributed by atoms with Crippen LogP contribution in [0.2, 0.25) is 0 Å². The second-order valence-electron chi connectivity index (χ2n) is 11.5. The lowest BCUT2D eigenvalue weighted by Crippen LogP contribution is -2.31. The van der Waals surface area contributed by atoms with Gasteiger partial charge in [0.05, 0.1) is 24.4 Å². The standard InChI is InChI=1S/C37H38N2O8S/c40-22-24-10-12-26(13-11-24)33-20-31(23-48-32-16-14-27(15-17-32)36(43)44)46-37(47-33)30-7-2-6-29(19-30)28-5-1-4-25(18-28)21-38-34(41)8-3-9-35(42)39-45/h1-2,4-7,10-19,31,33,37,40,45H,3,8-9,20-23H2,(H,38,41)(H,39,42)(H,43,44). The fourth-order valence-electron chi connectivity index (χ4n) is 5.39. The zero-order valence-electron chi connectivity index (χ0n) is 26.2. The summed E-state index contributed by atoms with van der Waals surface area (Å²) in [6.07, 6.45) is 0.162. The van der Waals surface area contributed by atoms with Crippen LogP contribution in [0, 0.1) is 0 Å². The van der Waals surface area contributed by atoms with Gasteiger partial charge in [0.1, 0.15) is 0 Å². The number of benzene rings is 4. The summed E-state index contributed by atoms with van der Waals surface area (Å²) < 4.78 is 13.1. The average Bonchev–Trinajstić information content (AvgIpc) is 3.13. The van der Waals surface area contributed by atoms with Crippen LogP contribution in [0.3, 0.4) is 0 Å². The van der Waals surface area contributed by atoms with Crippen molar-refractivity contribution in [3.8, 4) is 11.1 Å². The lowest BCUT2D eigenvalue weighted by molar-refractivity contribution is -0.245. The fourth-order valence-corrected chi connectivity index (χ4v) is 6.31. The van der Waals surface area contributed by atoms with Gasteiger partial charge in [0.2, 0.25) is 11.8 Å². The molecule has 0 radical (unpaired) electrons. The largest absolute Gasteiger partial charge is 0.478 e. The second kappa shape index (κ2) is 17.0. The summed E-state index contributed by atoms with van der Waals surface area (Å²) in [5, 5.41) is 30.2. The minimum absolute atomic E-state index is 0.0384. The van der Waals surface area contributed by atoms with Crippen molar-refractivity contribution in [1.82, 2.24) is 10.8 Å². The van der Waals surface area contributed by atoms with Gasteiger partial charge in [0.25, 0.3) is 0 Å². The number of carboxylic acid groups (broad SMARTS) is 1. The average molecular weight is 671 g/mol. The Morgan fingerprint density at radius 3 is 2.21 bits per heavy atom. The number of rotatable bonds is 14. The molecule has 5 N–H and O–H groups in total. The van der Waals surface area contributed by atoms with Gasteiger partial charge in [-0.1, -0.05) is 60.7 Å². The molecule has 10 nitrogen and oxygen atoms in total. The minimum atomic E-state index is -0.961. The van der Waals surface area contributed by atoms with Crippen molar-refractivity contribution in [2.45, 2.75) is 62.2 Å². The van der Waals surface area contributed by atoms with E-state index >= 15 is 0 Å². The van der Waals surface area contributed by atoms with Gasteiger partial charge in [-0.15, -0.1) is 11.8 Å². The molecule has 3 atom stereocenters. The number of hydroxylamine groups is 1. The highest BCUT2D eigenvalue weighted by Crippen LogP contribution is 2.40. The van der Waals surface area contributed by atoms with Crippen LogP contribution in [0.5, 0.6) is 0 Å². The molecule has 1 aliphatic rings. The van der Waals surface area contributed by atoms with E-state index in [9.17, 15) is 24.6 Å². The van der Waals surface area contributed by atoms with Gasteiger partial charge in [0.15, 0.2) is 6.29 Å². The molecule has 5 rings (SSSR count). The van der Waals surface area contributed by atoms with Crippen molar-refractivity contribution in [2.75, 3.05) is 5.75 Å². The first kappa shape index (κ1) is 34.8. The number of aliphatic hydroxyl groups is 1. The molecular formula is C37H38N2O8S. The maximum atomic E-state index is 12.2. The van der Waals surface area contributed by atoms with E-state index in [1.165, 1.54) is 0 Å². The maximum Gasteiger partial charge on any atom is 0.335 e. The van der Waals surface area contributed by atoms with E-state index in [1.807, 2.05) is 72.8 Å². The Hall–Kier alpha value is -4.52. The number of aliphatic hydroxyl groups excluding tert-OH is 1. The monoisotopic (exact) mass is 670 g/mol. The van der Waals surface area contributed by atoms with Crippen LogP contribution in [0.25, 0.3) is 11.1 Å². The highest BCUT2D eigenvalue weighted by Gasteiger charge is 2.32. The fraction of sp³-hybridized carbons (Fsp3) is 0.270. The van der Waals surface area contributed by atoms with Gasteiger partial charge in [-0.3, -0.25) is 14.8 Å². The Kier molecular flexibility index (Phi) is 12.4. The van der Waals surface area contributed by atoms with Crippen LogP contribution in [0.15, 0.2) is 102 Å². The predicted molar refractivity (Wildman–Crippen MR) is 180 cm³/mol. The van der Waals surface area contributed by atoms with Crippen LogP contribution < -0.4 is 10.8 Å². The molecule has 1 heterocycles. The molecule has 1 fully saturated rings. The SMILES string of the molecule is O=C(CCCC(=O)NCc1cccc(-c2cccc(C3OC(CSc4ccc(C(=O)O)cc4)CC(c4ccc(CO)cc4)O3)c2)c1)NO. The number of carboxylic acids is 1. The van der Waals surface area contributed by atoms with Gasteiger partial charge in [-0.05, 0) is 70.6 Å². The lowest BCUT2D eigenvalue weighted by atomic mass is 9.99. The van der Waals surface area contributed by atoms with Crippen LogP contribution in [0.4, 0.5) is 0 Å². The molecular weight excluding hydrogens is 632 g/mol. The molecule has 1 saturated heterocycles. The molecule has 0 bridgehead atoms. The molecule has 0 spiro atoms. The third-order valence-electron chi connectivity index (χ3n) is 7.99. The first-order valence-corrected chi connectivity index (χ1v) is 16.7. The molecule has 2 amide bonds. The first-order chi connectivity index (χ1) is 23.3. The van der Waals surface area contributed by atoms with Crippen molar-refractivity contribution >= 4 is 29.5 Å². The molecule has 4 aromatic rings. The van der Waals surface area contributed by atoms with Crippen LogP contribution >= 0.6 is 11.8 Å². The Morgan fingerprint density at radius 1 is 0.792 bits per heavy atom. The first-order valence-electron chi connectivity index (χ1n) is 15.7. The van der Waals surface area contributed by atoms with E-state index in [0.717, 1.165) is 38.3 Å². The number of nitrogens with one attached hydrogen (secondary N) is 2. The molecule has 3 unspecified atom stereocenters. The Balaban J connectivity index is 1.29. The number of amides is 2. The van der Waals surface area contributed by atoms with Crippen molar-refractivity contribution < 1.29 is 39.3 Å². The number of thioether (sulfide) groups is 1. The third-order valence-corrected chi connectivity index (χ3v) is 9.14. The molecule has 11 heteroatoms. The molecule has 48 heavy (non-hydrogen) atoms. The highest BCUT2D eigenvalue weighted by molar-refractivity contribution is 7.99. The van der Waals surface area contributed by atoms with Gasteiger partial charge in [-0.25, -0.2) is 10.3 Å². The summed E-state index contributed by atoms with van der Waals surface area (Å²) in [5.41, 5.74) is 7.32. The quantitative estimate of drug-likeness (QED) is 0.0602. The van der Waals surface area contributed by atoms with E-state index in [2.05, 4.69) is 5.32 Å². The third kappa shape index (κ3) is 9.75. The number of hydrogen-bond donors (Lipinski definition) is 5. The lowest BCUT2D eigenvalue weighted by Gasteiger charge is -2.36. The van der Waals surface area contributed by atoms with E-state index in [0.29, 0.717) is 25.1 Å². The van der Waals surface area contributed by atoms with Gasteiger partial charge >= 0.3 is 5.97 Å². The summed E-state index contributed by atoms with van der Waals surface area (Å²) in [6, 6.07) is 30.4. The van der Waals surface area contributed by atoms with E-state index in [4.69, 9.17) is 14.7 Å². The molecule has 0 saturated carbocycles. The summed E-state index contributed by atoms with van der Waals surface area (Å²) in [5.74, 6) is -1.02. The van der Waals surface area contributed by atoms with Crippen LogP contribution in [-0.2, 0) is 32.2 Å². The van der Waals surface area contributed by atoms with Crippen LogP contribution in [0.1, 0.15) is 70.7 Å². The zero-order chi connectivity index (χ0) is 33.9. The van der Waals surface area contributed by atoms with Crippen LogP contribution in [-0.4, -0.2) is 45.1 Å². The highest BCUT2D eigenvalue weighted by atomic mass is 32.2. The summed E-state index contributed by atoms with van der Waals surface area (Å²) in [6.45, 7) is 0.298. The second-order valence-corrected chi connectivity index (χ2v) is 12.6. The predicted octanol–water partition coefficient (Wildman–Crippen LogP) is 6.17. The van der Waals surface area contributed by atoms with Gasteiger partial charge in [-0.2, -0.15) is 0 Å². The topological polar surface area (TPSA) is 154 Å². The van der Waals surface area contributed by atoms with Crippen molar-refractivity contribution in [1.29, 1.82) is 0 Å². The smallest absolute Gasteiger partial charge is 0.335 e. The van der Waals surface area contributed by atoms with E-state index in [1.54, 1.807) is 41.5 Å². The zero-order valence-corrected chi connectivity index (χ0v) is 27.0. The van der Waals surface area contributed by atoms with Crippen molar-refractivity contribution in [3.05, 3.63) is 125 Å². The number of hydrogen-bond acceptors (Lipinski definition) is 8. The molecule has 250 valence electrons. The summed E-state index contributed by atoms with van der Waals surface area (Å²) >= 11 is 1.60. The Morgan fingerprint density at radius 2 is 1.50 bits per heavy atom. The normalized spacial score (nSPS) is 17.4. The number of aromatic carboxylic acids is 1. The van der Waals surface area contributed by atoms with Gasteiger partial charge < -0.3 is 25.0 Å². The molecule has 0 aromatic heterocycles. The minimum Gasteiger partial charge on any atom is -0.478 e. The molecule has 0 aliphatic carbocycles. The number of carbonyl (C=O) groups is 3. The van der Waals surface area contributed by atoms with E-state index < -0.39 is 18.2 Å². The van der Waals surface area contributed by atoms with E-state index in [-0.39, 0.29) is 43.1 Å². The molecule has 4 aromatic carbocycles. The van der Waals surface area contributed by atoms with Gasteiger partial charge in [0, 0.05) is 42.0 Å². The number of carbonyl (C=O) groups excluding carboxylic acids is 2. The summed E-state index contributed by atoms with van der Waals surface area (Å²) in [4.78, 5) is 35.6. The Labute approximate surface area is 283 Å². The number of ether oxygens (including phenoxy) is 2. The maximum absolute atomic E-state index is 12.2. The van der Waals surface area contributed by atoms with Crippen molar-refractivity contribution in [2.24, 2.45) is 0 Å². The van der Waals surface area contributed by atoms with Crippen molar-refractivity contribution in [3.63, 3.8) is 0 Å².